The van der Waals surface area contributed by atoms with Gasteiger partial charge >= 0.3 is 52.2 Å². The monoisotopic (exact) mass is 923 g/mol. The third-order valence-corrected chi connectivity index (χ3v) is 9.24. The Labute approximate surface area is 380 Å². The number of alkyl halides is 2. The first-order valence-electron chi connectivity index (χ1n) is 18.7. The maximum Gasteiger partial charge on any atom is 1.00 e. The minimum absolute atomic E-state index is 0. The molecule has 0 amide bonds. The average molecular weight is 925 g/mol. The SMILES string of the molecule is CCc1cc(=O)oc2c1c(=O)[nH]c(=O)n2COC.CCc1cc(=O)oc2c1c(=O)n(CC(=O)c1ccccc1OC)c(=O)n2CC.COc1ccccc1C(=O)CBr.[2H]CF.[H-].[Na+]. The molecule has 61 heavy (non-hydrogen) atoms. The van der Waals surface area contributed by atoms with Gasteiger partial charge in [-0.1, -0.05) is 54.0 Å². The Bertz CT molecular complexity index is 2870. The van der Waals surface area contributed by atoms with Crippen LogP contribution in [0.3, 0.4) is 0 Å². The smallest absolute Gasteiger partial charge is 1.00 e. The van der Waals surface area contributed by atoms with Gasteiger partial charge in [-0.15, -0.1) is 0 Å². The summed E-state index contributed by atoms with van der Waals surface area (Å²) in [7, 11) is 3.39. The standard InChI is InChI=1S/C20H20N2O6.C11H12N2O5.C9H9BrO2.CH3F.Na.H/c1-4-12-10-16(24)28-19-17(12)18(25)22(20(26)21(19)5-2)11-14(23)13-8-6-7-9-15(13)27-3;1-3-6-4-7(14)18-10-8(6)9(15)12-11(16)13(10)5-17-2;1-12-9-5-3-2-4-7(9)8(11)6-10;1-2;;/h6-10H,4-5,11H2,1-3H3;4H,3,5H2,1-2H3,(H,12,15,16);2-5H,6H2,1H3;1H3;;/q;;;;+1;-1/i;;;1D;;. The number of rotatable bonds is 12. The second kappa shape index (κ2) is 24.7. The van der Waals surface area contributed by atoms with Gasteiger partial charge in [-0.3, -0.25) is 37.7 Å². The van der Waals surface area contributed by atoms with Gasteiger partial charge in [0.1, 0.15) is 29.0 Å². The molecule has 0 spiro atoms. The Hall–Kier alpha value is -5.47. The molecule has 0 aliphatic rings. The summed E-state index contributed by atoms with van der Waals surface area (Å²) in [4.78, 5) is 98.7. The molecule has 1 N–H and O–H groups in total. The third kappa shape index (κ3) is 12.1. The number of aromatic nitrogens is 4. The van der Waals surface area contributed by atoms with Gasteiger partial charge in [0, 0.05) is 25.8 Å². The van der Waals surface area contributed by atoms with E-state index in [2.05, 4.69) is 20.9 Å². The summed E-state index contributed by atoms with van der Waals surface area (Å²) in [6, 6.07) is 16.3. The molecule has 0 fully saturated rings. The molecule has 322 valence electrons. The largest absolute Gasteiger partial charge is 1.00 e. The van der Waals surface area contributed by atoms with Crippen molar-refractivity contribution in [2.45, 2.75) is 53.4 Å². The first kappa shape index (κ1) is 49.9. The zero-order valence-corrected chi connectivity index (χ0v) is 38.2. The van der Waals surface area contributed by atoms with Crippen LogP contribution in [0.4, 0.5) is 4.39 Å². The van der Waals surface area contributed by atoms with Gasteiger partial charge in [-0.05, 0) is 55.2 Å². The number of para-hydroxylation sites is 2. The van der Waals surface area contributed by atoms with E-state index >= 15 is 0 Å². The molecule has 0 unspecified atom stereocenters. The molecule has 17 nitrogen and oxygen atoms in total. The van der Waals surface area contributed by atoms with E-state index in [4.69, 9.17) is 24.4 Å². The fourth-order valence-electron chi connectivity index (χ4n) is 5.95. The number of benzene rings is 2. The number of nitrogens with zero attached hydrogens (tertiary/aromatic N) is 3. The average Bonchev–Trinajstić information content (AvgIpc) is 3.26. The van der Waals surface area contributed by atoms with Crippen molar-refractivity contribution in [1.82, 2.24) is 18.7 Å². The van der Waals surface area contributed by atoms with Crippen LogP contribution >= 0.6 is 15.9 Å². The van der Waals surface area contributed by atoms with Gasteiger partial charge in [-0.25, -0.2) is 23.7 Å². The molecule has 0 aliphatic carbocycles. The fraction of sp³-hybridized carbons (Fsp3) is 0.317. The summed E-state index contributed by atoms with van der Waals surface area (Å²) < 4.78 is 43.8. The Morgan fingerprint density at radius 3 is 1.70 bits per heavy atom. The van der Waals surface area contributed by atoms with E-state index in [-0.39, 0.29) is 77.8 Å². The van der Waals surface area contributed by atoms with E-state index in [0.29, 0.717) is 46.4 Å². The molecule has 4 aromatic heterocycles. The number of Topliss-reactive ketones (excluding diaryl/α,β-unsaturated/α-hetero) is 2. The number of carbonyl (C=O) groups excluding carboxylic acids is 2. The van der Waals surface area contributed by atoms with Crippen LogP contribution in [0.15, 0.2) is 98.3 Å². The van der Waals surface area contributed by atoms with Crippen molar-refractivity contribution < 1.29 is 69.4 Å². The molecule has 0 atom stereocenters. The van der Waals surface area contributed by atoms with Crippen LogP contribution < -0.4 is 72.8 Å². The van der Waals surface area contributed by atoms with Crippen LogP contribution in [0, 0.1) is 0 Å². The molecule has 0 saturated heterocycles. The predicted molar refractivity (Wildman–Crippen MR) is 226 cm³/mol. The van der Waals surface area contributed by atoms with Gasteiger partial charge in [0.25, 0.3) is 11.1 Å². The number of nitrogens with one attached hydrogen (secondary N) is 1. The number of aryl methyl sites for hydroxylation is 3. The molecule has 4 heterocycles. The molecule has 20 heteroatoms. The first-order valence-corrected chi connectivity index (χ1v) is 19.2. The number of halogens is 2. The topological polar surface area (TPSA) is 221 Å². The number of aromatic amines is 1. The van der Waals surface area contributed by atoms with E-state index in [1.165, 1.54) is 30.9 Å². The summed E-state index contributed by atoms with van der Waals surface area (Å²) in [6.07, 6.45) is 0.885. The second-order valence-corrected chi connectivity index (χ2v) is 12.7. The van der Waals surface area contributed by atoms with Gasteiger partial charge in [-0.2, -0.15) is 0 Å². The van der Waals surface area contributed by atoms with E-state index in [9.17, 15) is 42.7 Å². The van der Waals surface area contributed by atoms with Gasteiger partial charge < -0.3 is 24.5 Å². The zero-order chi connectivity index (χ0) is 45.4. The number of ketones is 2. The van der Waals surface area contributed by atoms with Crippen LogP contribution in [0.5, 0.6) is 11.5 Å². The number of carbonyl (C=O) groups is 2. The Balaban J connectivity index is 0.000000488. The molecule has 0 aliphatic heterocycles. The molecular weight excluding hydrogens is 878 g/mol. The quantitative estimate of drug-likeness (QED) is 0.104. The van der Waals surface area contributed by atoms with E-state index in [1.807, 2.05) is 12.1 Å². The summed E-state index contributed by atoms with van der Waals surface area (Å²) in [5.41, 5.74) is -2.07. The van der Waals surface area contributed by atoms with Crippen molar-refractivity contribution in [3.8, 4) is 11.5 Å². The number of hydrogen-bond acceptors (Lipinski definition) is 13. The molecule has 0 radical (unpaired) electrons. The van der Waals surface area contributed by atoms with Crippen molar-refractivity contribution in [3.63, 3.8) is 0 Å². The minimum Gasteiger partial charge on any atom is -1.00 e. The Kier molecular flexibility index (Phi) is 20.2. The van der Waals surface area contributed by atoms with E-state index in [0.717, 1.165) is 9.13 Å². The number of methoxy groups -OCH3 is 3. The van der Waals surface area contributed by atoms with E-state index < -0.39 is 53.2 Å². The van der Waals surface area contributed by atoms with E-state index in [1.54, 1.807) is 64.3 Å². The fourth-order valence-corrected chi connectivity index (χ4v) is 6.26. The number of ether oxygens (including phenoxy) is 3. The van der Waals surface area contributed by atoms with Crippen LogP contribution in [0.2, 0.25) is 0 Å². The van der Waals surface area contributed by atoms with Crippen molar-refractivity contribution in [2.75, 3.05) is 33.8 Å². The summed E-state index contributed by atoms with van der Waals surface area (Å²) in [6.45, 7) is 4.90. The van der Waals surface area contributed by atoms with Crippen LogP contribution in [-0.2, 0) is 37.4 Å². The summed E-state index contributed by atoms with van der Waals surface area (Å²) in [5, 5.41) is 0.665. The molecule has 2 aromatic carbocycles. The van der Waals surface area contributed by atoms with Gasteiger partial charge in [0.15, 0.2) is 11.6 Å². The predicted octanol–water partition coefficient (Wildman–Crippen LogP) is 1.37. The molecule has 0 bridgehead atoms. The van der Waals surface area contributed by atoms with Crippen molar-refractivity contribution in [3.05, 3.63) is 145 Å². The maximum atomic E-state index is 13.0. The Morgan fingerprint density at radius 1 is 0.770 bits per heavy atom. The minimum atomic E-state index is -1.00. The maximum absolute atomic E-state index is 13.0. The molecule has 6 rings (SSSR count). The number of fused-ring (bicyclic) bond motifs is 2. The summed E-state index contributed by atoms with van der Waals surface area (Å²) >= 11 is 3.11. The van der Waals surface area contributed by atoms with Crippen molar-refractivity contribution >= 4 is 49.7 Å². The molecular formula is C41H45BrFN4NaO13. The normalized spacial score (nSPS) is 10.5. The number of H-pyrrole nitrogens is 1. The first-order chi connectivity index (χ1) is 29.2. The number of hydrogen-bond donors (Lipinski definition) is 1. The van der Waals surface area contributed by atoms with Gasteiger partial charge in [0.2, 0.25) is 11.4 Å². The summed E-state index contributed by atoms with van der Waals surface area (Å²) in [5.74, 6) is 0.584. The second-order valence-electron chi connectivity index (χ2n) is 12.2. The zero-order valence-electron chi connectivity index (χ0n) is 36.6. The van der Waals surface area contributed by atoms with Gasteiger partial charge in [0.05, 0.1) is 45.7 Å². The van der Waals surface area contributed by atoms with Crippen molar-refractivity contribution in [1.29, 1.82) is 0 Å². The third-order valence-electron chi connectivity index (χ3n) is 8.73. The molecule has 6 aromatic rings. The molecule has 0 saturated carbocycles. The Morgan fingerprint density at radius 2 is 1.25 bits per heavy atom. The van der Waals surface area contributed by atoms with Crippen LogP contribution in [-0.4, -0.2) is 64.1 Å². The van der Waals surface area contributed by atoms with Crippen LogP contribution in [0.1, 0.15) is 55.4 Å². The van der Waals surface area contributed by atoms with Crippen molar-refractivity contribution in [2.24, 2.45) is 0 Å². The van der Waals surface area contributed by atoms with Crippen LogP contribution in [0.25, 0.3) is 22.2 Å².